The van der Waals surface area contributed by atoms with Crippen LogP contribution in [0, 0.1) is 0 Å². The third-order valence-electron chi connectivity index (χ3n) is 2.65. The van der Waals surface area contributed by atoms with Crippen molar-refractivity contribution in [2.45, 2.75) is 38.6 Å². The lowest BCUT2D eigenvalue weighted by Gasteiger charge is -2.26. The molecule has 76 valence electrons. The van der Waals surface area contributed by atoms with E-state index in [1.165, 1.54) is 25.7 Å². The molecule has 0 saturated heterocycles. The first-order chi connectivity index (χ1) is 6.24. The molecule has 3 nitrogen and oxygen atoms in total. The van der Waals surface area contributed by atoms with E-state index >= 15 is 0 Å². The molecule has 0 aliphatic heterocycles. The highest BCUT2D eigenvalue weighted by atomic mass is 16.3. The Morgan fingerprint density at radius 3 is 2.54 bits per heavy atom. The first-order valence-electron chi connectivity index (χ1n) is 5.08. The van der Waals surface area contributed by atoms with Crippen molar-refractivity contribution in [3.8, 4) is 0 Å². The first-order valence-corrected chi connectivity index (χ1v) is 5.08. The van der Waals surface area contributed by atoms with Crippen molar-refractivity contribution in [2.75, 3.05) is 19.7 Å². The third kappa shape index (κ3) is 3.44. The van der Waals surface area contributed by atoms with Crippen LogP contribution in [-0.2, 0) is 4.79 Å². The molecule has 1 saturated carbocycles. The number of carbonyl (C=O) groups excluding carboxylic acids is 1. The Morgan fingerprint density at radius 1 is 1.46 bits per heavy atom. The molecule has 1 aliphatic carbocycles. The Bertz CT molecular complexity index is 164. The molecule has 1 fully saturated rings. The molecule has 0 bridgehead atoms. The van der Waals surface area contributed by atoms with E-state index in [4.69, 9.17) is 5.11 Å². The summed E-state index contributed by atoms with van der Waals surface area (Å²) in [4.78, 5) is 13.1. The van der Waals surface area contributed by atoms with Crippen molar-refractivity contribution in [3.05, 3.63) is 0 Å². The topological polar surface area (TPSA) is 40.5 Å². The first kappa shape index (κ1) is 10.7. The molecule has 13 heavy (non-hydrogen) atoms. The van der Waals surface area contributed by atoms with Crippen LogP contribution in [0.25, 0.3) is 0 Å². The van der Waals surface area contributed by atoms with Gasteiger partial charge in [0.05, 0.1) is 13.2 Å². The van der Waals surface area contributed by atoms with Crippen LogP contribution in [0.3, 0.4) is 0 Å². The molecule has 0 radical (unpaired) electrons. The van der Waals surface area contributed by atoms with Gasteiger partial charge in [-0.05, 0) is 19.8 Å². The van der Waals surface area contributed by atoms with Gasteiger partial charge in [0.25, 0.3) is 0 Å². The molecule has 0 aromatic carbocycles. The molecular weight excluding hydrogens is 166 g/mol. The van der Waals surface area contributed by atoms with Gasteiger partial charge in [0.1, 0.15) is 5.78 Å². The van der Waals surface area contributed by atoms with Crippen LogP contribution in [0.15, 0.2) is 0 Å². The van der Waals surface area contributed by atoms with E-state index in [1.54, 1.807) is 6.92 Å². The summed E-state index contributed by atoms with van der Waals surface area (Å²) in [6.07, 6.45) is 4.91. The van der Waals surface area contributed by atoms with Gasteiger partial charge in [-0.2, -0.15) is 0 Å². The molecule has 0 heterocycles. The second kappa shape index (κ2) is 5.35. The summed E-state index contributed by atoms with van der Waals surface area (Å²) in [5.41, 5.74) is 0. The Balaban J connectivity index is 2.39. The molecule has 0 atom stereocenters. The normalized spacial score (nSPS) is 18.4. The van der Waals surface area contributed by atoms with E-state index in [2.05, 4.69) is 4.90 Å². The zero-order chi connectivity index (χ0) is 9.68. The van der Waals surface area contributed by atoms with Crippen LogP contribution in [0.4, 0.5) is 0 Å². The number of nitrogens with zero attached hydrogens (tertiary/aromatic N) is 1. The predicted octanol–water partition coefficient (Wildman–Crippen LogP) is 0.812. The average molecular weight is 185 g/mol. The lowest BCUT2D eigenvalue weighted by Crippen LogP contribution is -2.38. The van der Waals surface area contributed by atoms with Gasteiger partial charge in [-0.15, -0.1) is 0 Å². The monoisotopic (exact) mass is 185 g/mol. The van der Waals surface area contributed by atoms with Crippen molar-refractivity contribution in [1.82, 2.24) is 4.90 Å². The summed E-state index contributed by atoms with van der Waals surface area (Å²) in [7, 11) is 0. The average Bonchev–Trinajstić information content (AvgIpc) is 2.54. The lowest BCUT2D eigenvalue weighted by atomic mass is 10.2. The van der Waals surface area contributed by atoms with E-state index in [0.717, 1.165) is 0 Å². The summed E-state index contributed by atoms with van der Waals surface area (Å²) in [6, 6.07) is 0.538. The summed E-state index contributed by atoms with van der Waals surface area (Å²) < 4.78 is 0. The van der Waals surface area contributed by atoms with Crippen LogP contribution in [0.2, 0.25) is 0 Å². The standard InChI is InChI=1S/C10H19NO2/c1-9(13)8-11(6-7-12)10-4-2-3-5-10/h10,12H,2-8H2,1H3. The molecule has 1 aliphatic rings. The fraction of sp³-hybridized carbons (Fsp3) is 0.900. The summed E-state index contributed by atoms with van der Waals surface area (Å²) in [5, 5.41) is 8.86. The quantitative estimate of drug-likeness (QED) is 0.689. The number of ketones is 1. The number of hydrogen-bond donors (Lipinski definition) is 1. The van der Waals surface area contributed by atoms with Crippen LogP contribution in [0.1, 0.15) is 32.6 Å². The summed E-state index contributed by atoms with van der Waals surface area (Å²) in [5.74, 6) is 0.195. The maximum absolute atomic E-state index is 11.0. The highest BCUT2D eigenvalue weighted by molar-refractivity contribution is 5.77. The second-order valence-electron chi connectivity index (χ2n) is 3.83. The number of aliphatic hydroxyl groups excluding tert-OH is 1. The minimum Gasteiger partial charge on any atom is -0.395 e. The molecule has 0 amide bonds. The van der Waals surface area contributed by atoms with Crippen molar-refractivity contribution >= 4 is 5.78 Å². The zero-order valence-corrected chi connectivity index (χ0v) is 8.33. The van der Waals surface area contributed by atoms with Crippen molar-refractivity contribution in [3.63, 3.8) is 0 Å². The summed E-state index contributed by atoms with van der Waals surface area (Å²) >= 11 is 0. The van der Waals surface area contributed by atoms with Gasteiger partial charge < -0.3 is 5.11 Å². The highest BCUT2D eigenvalue weighted by Crippen LogP contribution is 2.22. The number of aliphatic hydroxyl groups is 1. The van der Waals surface area contributed by atoms with E-state index in [-0.39, 0.29) is 12.4 Å². The van der Waals surface area contributed by atoms with E-state index in [0.29, 0.717) is 19.1 Å². The number of carbonyl (C=O) groups is 1. The molecule has 0 aromatic heterocycles. The maximum Gasteiger partial charge on any atom is 0.143 e. The van der Waals surface area contributed by atoms with Gasteiger partial charge in [-0.25, -0.2) is 0 Å². The van der Waals surface area contributed by atoms with Crippen LogP contribution < -0.4 is 0 Å². The van der Waals surface area contributed by atoms with Crippen molar-refractivity contribution in [2.24, 2.45) is 0 Å². The van der Waals surface area contributed by atoms with E-state index in [9.17, 15) is 4.79 Å². The molecule has 3 heteroatoms. The fourth-order valence-electron chi connectivity index (χ4n) is 2.07. The summed E-state index contributed by atoms with van der Waals surface area (Å²) in [6.45, 7) is 2.92. The van der Waals surface area contributed by atoms with Crippen molar-refractivity contribution in [1.29, 1.82) is 0 Å². The maximum atomic E-state index is 11.0. The van der Waals surface area contributed by atoms with Gasteiger partial charge in [0, 0.05) is 12.6 Å². The van der Waals surface area contributed by atoms with Crippen LogP contribution in [0.5, 0.6) is 0 Å². The van der Waals surface area contributed by atoms with Gasteiger partial charge in [-0.3, -0.25) is 9.69 Å². The van der Waals surface area contributed by atoms with E-state index in [1.807, 2.05) is 0 Å². The number of hydrogen-bond acceptors (Lipinski definition) is 3. The van der Waals surface area contributed by atoms with Gasteiger partial charge in [0.15, 0.2) is 0 Å². The Kier molecular flexibility index (Phi) is 4.39. The molecule has 0 aromatic rings. The van der Waals surface area contributed by atoms with E-state index < -0.39 is 0 Å². The molecular formula is C10H19NO2. The Morgan fingerprint density at radius 2 is 2.08 bits per heavy atom. The number of Topliss-reactive ketones (excluding diaryl/α,β-unsaturated/α-hetero) is 1. The Labute approximate surface area is 79.7 Å². The Hall–Kier alpha value is -0.410. The number of rotatable bonds is 5. The van der Waals surface area contributed by atoms with Crippen molar-refractivity contribution < 1.29 is 9.90 Å². The van der Waals surface area contributed by atoms with Gasteiger partial charge in [-0.1, -0.05) is 12.8 Å². The second-order valence-corrected chi connectivity index (χ2v) is 3.83. The van der Waals surface area contributed by atoms with Crippen LogP contribution >= 0.6 is 0 Å². The minimum atomic E-state index is 0.157. The zero-order valence-electron chi connectivity index (χ0n) is 8.33. The third-order valence-corrected chi connectivity index (χ3v) is 2.65. The smallest absolute Gasteiger partial charge is 0.143 e. The fourth-order valence-corrected chi connectivity index (χ4v) is 2.07. The van der Waals surface area contributed by atoms with Gasteiger partial charge >= 0.3 is 0 Å². The minimum absolute atomic E-state index is 0.157. The predicted molar refractivity (Wildman–Crippen MR) is 51.6 cm³/mol. The lowest BCUT2D eigenvalue weighted by molar-refractivity contribution is -0.118. The largest absolute Gasteiger partial charge is 0.395 e. The molecule has 0 spiro atoms. The molecule has 1 N–H and O–H groups in total. The van der Waals surface area contributed by atoms with Gasteiger partial charge in [0.2, 0.25) is 0 Å². The SMILES string of the molecule is CC(=O)CN(CCO)C1CCCC1. The highest BCUT2D eigenvalue weighted by Gasteiger charge is 2.22. The molecule has 1 rings (SSSR count). The van der Waals surface area contributed by atoms with Crippen LogP contribution in [-0.4, -0.2) is 41.5 Å². The molecule has 0 unspecified atom stereocenters.